The molecule has 1 atom stereocenters. The molecule has 9 heteroatoms. The van der Waals surface area contributed by atoms with Crippen LogP contribution in [0, 0.1) is 0 Å². The summed E-state index contributed by atoms with van der Waals surface area (Å²) in [7, 11) is -2.01. The molecule has 2 heterocycles. The third-order valence-electron chi connectivity index (χ3n) is 8.56. The molecule has 4 rings (SSSR count). The lowest BCUT2D eigenvalue weighted by Gasteiger charge is -2.37. The number of aromatic carboxylic acids is 1. The Morgan fingerprint density at radius 2 is 1.78 bits per heavy atom. The number of hydrogen-bond acceptors (Lipinski definition) is 5. The van der Waals surface area contributed by atoms with Crippen LogP contribution in [-0.4, -0.2) is 58.2 Å². The number of hydrogen-bond donors (Lipinski definition) is 1. The molecule has 0 saturated heterocycles. The summed E-state index contributed by atoms with van der Waals surface area (Å²) in [6.07, 6.45) is 3.19. The van der Waals surface area contributed by atoms with Gasteiger partial charge in [0.25, 0.3) is 5.91 Å². The highest BCUT2D eigenvalue weighted by Crippen LogP contribution is 2.37. The van der Waals surface area contributed by atoms with Crippen molar-refractivity contribution in [2.45, 2.75) is 84.7 Å². The molecule has 1 aliphatic rings. The van der Waals surface area contributed by atoms with E-state index < -0.39 is 14.3 Å². The van der Waals surface area contributed by atoms with Crippen molar-refractivity contribution in [1.29, 1.82) is 0 Å². The Labute approximate surface area is 243 Å². The lowest BCUT2D eigenvalue weighted by atomic mass is 9.91. The van der Waals surface area contributed by atoms with E-state index in [2.05, 4.69) is 51.8 Å². The number of fused-ring (bicyclic) bond motifs is 1. The molecule has 0 unspecified atom stereocenters. The standard InChI is InChI=1S/C32H41N3O5Si/c1-8-25-17-22-11-9-10-12-24(22)19-35(25)30(37)27-18-23(31(38)39)13-14-26(27)29-33-28(21(2)36)20-34(29)15-16-40-41(6,7)32(3,4)5/h9-14,18,20,25H,8,15-17,19H2,1-7H3,(H,38,39)/t25-/m1/s1. The molecule has 0 aliphatic carbocycles. The minimum Gasteiger partial charge on any atom is -0.478 e. The zero-order valence-corrected chi connectivity index (χ0v) is 26.2. The van der Waals surface area contributed by atoms with Crippen LogP contribution in [0.4, 0.5) is 0 Å². The molecular weight excluding hydrogens is 534 g/mol. The molecule has 1 amide bonds. The van der Waals surface area contributed by atoms with Crippen molar-refractivity contribution in [1.82, 2.24) is 14.5 Å². The van der Waals surface area contributed by atoms with E-state index in [0.29, 0.717) is 31.1 Å². The van der Waals surface area contributed by atoms with Gasteiger partial charge in [0, 0.05) is 37.8 Å². The minimum atomic E-state index is -2.01. The smallest absolute Gasteiger partial charge is 0.335 e. The number of amides is 1. The molecule has 8 nitrogen and oxygen atoms in total. The van der Waals surface area contributed by atoms with Crippen molar-refractivity contribution in [2.24, 2.45) is 0 Å². The molecule has 0 spiro atoms. The van der Waals surface area contributed by atoms with Gasteiger partial charge in [-0.15, -0.1) is 0 Å². The number of carboxylic acids is 1. The summed E-state index contributed by atoms with van der Waals surface area (Å²) in [5.74, 6) is -1.11. The molecule has 0 radical (unpaired) electrons. The number of imidazole rings is 1. The Morgan fingerprint density at radius 1 is 1.10 bits per heavy atom. The number of Topliss-reactive ketones (excluding diaryl/α,β-unsaturated/α-hetero) is 1. The molecule has 1 aliphatic heterocycles. The van der Waals surface area contributed by atoms with Crippen molar-refractivity contribution in [3.05, 3.63) is 76.6 Å². The fourth-order valence-corrected chi connectivity index (χ4v) is 6.02. The van der Waals surface area contributed by atoms with Crippen LogP contribution in [0.1, 0.15) is 83.4 Å². The summed E-state index contributed by atoms with van der Waals surface area (Å²) in [6.45, 7) is 15.7. The van der Waals surface area contributed by atoms with E-state index >= 15 is 0 Å². The maximum atomic E-state index is 14.3. The summed E-state index contributed by atoms with van der Waals surface area (Å²) in [4.78, 5) is 45.1. The predicted octanol–water partition coefficient (Wildman–Crippen LogP) is 6.45. The number of nitrogens with zero attached hydrogens (tertiary/aromatic N) is 3. The van der Waals surface area contributed by atoms with Crippen LogP contribution < -0.4 is 0 Å². The van der Waals surface area contributed by atoms with Crippen LogP contribution in [0.5, 0.6) is 0 Å². The predicted molar refractivity (Wildman–Crippen MR) is 162 cm³/mol. The zero-order chi connectivity index (χ0) is 30.1. The lowest BCUT2D eigenvalue weighted by molar-refractivity contribution is 0.0635. The van der Waals surface area contributed by atoms with Gasteiger partial charge < -0.3 is 19.0 Å². The summed E-state index contributed by atoms with van der Waals surface area (Å²) in [5.41, 5.74) is 3.37. The first-order valence-electron chi connectivity index (χ1n) is 14.2. The van der Waals surface area contributed by atoms with E-state index in [1.165, 1.54) is 24.6 Å². The van der Waals surface area contributed by atoms with Crippen LogP contribution >= 0.6 is 0 Å². The van der Waals surface area contributed by atoms with Crippen molar-refractivity contribution in [3.8, 4) is 11.4 Å². The maximum absolute atomic E-state index is 14.3. The molecule has 1 N–H and O–H groups in total. The summed E-state index contributed by atoms with van der Waals surface area (Å²) >= 11 is 0. The van der Waals surface area contributed by atoms with Crippen molar-refractivity contribution < 1.29 is 23.9 Å². The van der Waals surface area contributed by atoms with Gasteiger partial charge in [-0.05, 0) is 60.3 Å². The van der Waals surface area contributed by atoms with Gasteiger partial charge in [-0.3, -0.25) is 9.59 Å². The second-order valence-electron chi connectivity index (χ2n) is 12.3. The minimum absolute atomic E-state index is 0.0220. The third kappa shape index (κ3) is 6.36. The summed E-state index contributed by atoms with van der Waals surface area (Å²) in [6, 6.07) is 12.6. The first-order chi connectivity index (χ1) is 19.2. The highest BCUT2D eigenvalue weighted by molar-refractivity contribution is 6.74. The highest BCUT2D eigenvalue weighted by atomic mass is 28.4. The zero-order valence-electron chi connectivity index (χ0n) is 25.2. The van der Waals surface area contributed by atoms with Crippen LogP contribution in [0.15, 0.2) is 48.7 Å². The van der Waals surface area contributed by atoms with Gasteiger partial charge in [-0.25, -0.2) is 9.78 Å². The van der Waals surface area contributed by atoms with Crippen LogP contribution in [0.25, 0.3) is 11.4 Å². The molecule has 2 aromatic carbocycles. The van der Waals surface area contributed by atoms with Gasteiger partial charge >= 0.3 is 5.97 Å². The van der Waals surface area contributed by atoms with E-state index in [1.54, 1.807) is 12.3 Å². The van der Waals surface area contributed by atoms with Gasteiger partial charge in [-0.2, -0.15) is 0 Å². The number of carbonyl (C=O) groups is 3. The van der Waals surface area contributed by atoms with Crippen molar-refractivity contribution in [3.63, 3.8) is 0 Å². The summed E-state index contributed by atoms with van der Waals surface area (Å²) < 4.78 is 8.24. The van der Waals surface area contributed by atoms with E-state index in [0.717, 1.165) is 18.4 Å². The van der Waals surface area contributed by atoms with Gasteiger partial charge in [0.1, 0.15) is 11.5 Å². The fraction of sp³-hybridized carbons (Fsp3) is 0.438. The monoisotopic (exact) mass is 575 g/mol. The number of rotatable bonds is 9. The molecule has 41 heavy (non-hydrogen) atoms. The fourth-order valence-electron chi connectivity index (χ4n) is 4.98. The Balaban J connectivity index is 1.77. The Hall–Kier alpha value is -3.56. The number of carbonyl (C=O) groups excluding carboxylic acids is 2. The quantitative estimate of drug-likeness (QED) is 0.232. The average molecular weight is 576 g/mol. The van der Waals surface area contributed by atoms with Crippen LogP contribution in [0.3, 0.4) is 0 Å². The third-order valence-corrected chi connectivity index (χ3v) is 13.1. The number of ketones is 1. The van der Waals surface area contributed by atoms with E-state index in [4.69, 9.17) is 4.43 Å². The summed E-state index contributed by atoms with van der Waals surface area (Å²) in [5, 5.41) is 9.82. The van der Waals surface area contributed by atoms with Crippen LogP contribution in [-0.2, 0) is 23.9 Å². The topological polar surface area (TPSA) is 102 Å². The molecule has 0 fully saturated rings. The first-order valence-corrected chi connectivity index (χ1v) is 17.1. The van der Waals surface area contributed by atoms with Crippen molar-refractivity contribution >= 4 is 26.0 Å². The number of aromatic nitrogens is 2. The second-order valence-corrected chi connectivity index (χ2v) is 17.2. The Kier molecular flexibility index (Phi) is 8.70. The molecule has 0 saturated carbocycles. The molecule has 0 bridgehead atoms. The number of benzene rings is 2. The van der Waals surface area contributed by atoms with Gasteiger partial charge in [0.15, 0.2) is 14.1 Å². The van der Waals surface area contributed by atoms with Gasteiger partial charge in [0.2, 0.25) is 0 Å². The largest absolute Gasteiger partial charge is 0.478 e. The lowest BCUT2D eigenvalue weighted by Crippen LogP contribution is -2.44. The van der Waals surface area contributed by atoms with E-state index in [-0.39, 0.29) is 39.6 Å². The van der Waals surface area contributed by atoms with Crippen molar-refractivity contribution in [2.75, 3.05) is 6.61 Å². The SMILES string of the molecule is CC[C@@H]1Cc2ccccc2CN1C(=O)c1cc(C(=O)O)ccc1-c1nc(C(C)=O)cn1CCO[Si](C)(C)C(C)(C)C. The molecular formula is C32H41N3O5Si. The van der Waals surface area contributed by atoms with E-state index in [9.17, 15) is 19.5 Å². The van der Waals surface area contributed by atoms with Crippen LogP contribution in [0.2, 0.25) is 18.1 Å². The Bertz CT molecular complexity index is 1470. The molecule has 3 aromatic rings. The van der Waals surface area contributed by atoms with E-state index in [1.807, 2.05) is 27.7 Å². The maximum Gasteiger partial charge on any atom is 0.335 e. The normalized spacial score (nSPS) is 15.5. The molecule has 1 aromatic heterocycles. The average Bonchev–Trinajstić information content (AvgIpc) is 3.35. The Morgan fingerprint density at radius 3 is 2.39 bits per heavy atom. The first kappa shape index (κ1) is 30.4. The molecule has 218 valence electrons. The second kappa shape index (κ2) is 11.7. The van der Waals surface area contributed by atoms with Gasteiger partial charge in [0.05, 0.1) is 17.7 Å². The van der Waals surface area contributed by atoms with Gasteiger partial charge in [-0.1, -0.05) is 52.0 Å². The highest BCUT2D eigenvalue weighted by Gasteiger charge is 2.37. The number of carboxylic acid groups (broad SMARTS) is 1.